The van der Waals surface area contributed by atoms with Crippen LogP contribution in [0.5, 0.6) is 0 Å². The summed E-state index contributed by atoms with van der Waals surface area (Å²) in [6.45, 7) is 2.58. The maximum absolute atomic E-state index is 12.5. The van der Waals surface area contributed by atoms with Crippen molar-refractivity contribution in [1.29, 1.82) is 0 Å². The molecule has 0 unspecified atom stereocenters. The van der Waals surface area contributed by atoms with Crippen LogP contribution in [0.3, 0.4) is 0 Å². The van der Waals surface area contributed by atoms with Crippen LogP contribution in [0, 0.1) is 6.92 Å². The number of fused-ring (bicyclic) bond motifs is 2. The number of benzene rings is 2. The topological polar surface area (TPSA) is 70.6 Å². The highest BCUT2D eigenvalue weighted by Gasteiger charge is 2.35. The summed E-state index contributed by atoms with van der Waals surface area (Å²) in [5.74, 6) is -0.582. The second-order valence-corrected chi connectivity index (χ2v) is 8.35. The van der Waals surface area contributed by atoms with Gasteiger partial charge in [-0.1, -0.05) is 23.8 Å². The first-order valence-electron chi connectivity index (χ1n) is 9.49. The summed E-state index contributed by atoms with van der Waals surface area (Å²) in [5.41, 5.74) is 2.78. The highest BCUT2D eigenvalue weighted by Crippen LogP contribution is 2.25. The van der Waals surface area contributed by atoms with Gasteiger partial charge in [0.05, 0.1) is 27.9 Å². The molecule has 148 valence electrons. The molecule has 3 aromatic rings. The quantitative estimate of drug-likeness (QED) is 0.585. The third-order valence-corrected chi connectivity index (χ3v) is 6.06. The Labute approximate surface area is 172 Å². The third kappa shape index (κ3) is 3.78. The Kier molecular flexibility index (Phi) is 5.15. The van der Waals surface area contributed by atoms with Crippen LogP contribution in [0.4, 0.5) is 0 Å². The molecule has 3 amide bonds. The summed E-state index contributed by atoms with van der Waals surface area (Å²) in [6.07, 6.45) is 0.710. The fraction of sp³-hybridized carbons (Fsp3) is 0.273. The molecule has 7 heteroatoms. The number of thiazole rings is 1. The zero-order valence-electron chi connectivity index (χ0n) is 16.3. The van der Waals surface area contributed by atoms with Gasteiger partial charge in [0, 0.05) is 20.0 Å². The van der Waals surface area contributed by atoms with E-state index in [4.69, 9.17) is 0 Å². The molecule has 0 fully saturated rings. The first-order chi connectivity index (χ1) is 13.9. The third-order valence-electron chi connectivity index (χ3n) is 5.03. The monoisotopic (exact) mass is 407 g/mol. The number of amides is 3. The van der Waals surface area contributed by atoms with E-state index in [0.29, 0.717) is 24.1 Å². The highest BCUT2D eigenvalue weighted by atomic mass is 32.1. The fourth-order valence-corrected chi connectivity index (χ4v) is 4.49. The van der Waals surface area contributed by atoms with Gasteiger partial charge in [-0.05, 0) is 37.6 Å². The maximum Gasteiger partial charge on any atom is 0.261 e. The lowest BCUT2D eigenvalue weighted by Gasteiger charge is -2.17. The molecule has 0 spiro atoms. The molecule has 29 heavy (non-hydrogen) atoms. The van der Waals surface area contributed by atoms with Gasteiger partial charge in [-0.25, -0.2) is 4.98 Å². The molecule has 2 aromatic carbocycles. The van der Waals surface area contributed by atoms with E-state index in [0.717, 1.165) is 20.8 Å². The zero-order chi connectivity index (χ0) is 20.5. The van der Waals surface area contributed by atoms with Crippen LogP contribution in [0.1, 0.15) is 44.1 Å². The number of rotatable bonds is 6. The highest BCUT2D eigenvalue weighted by molar-refractivity contribution is 7.18. The Bertz CT molecular complexity index is 1090. The van der Waals surface area contributed by atoms with Gasteiger partial charge in [0.15, 0.2) is 0 Å². The molecule has 6 nitrogen and oxygen atoms in total. The van der Waals surface area contributed by atoms with Crippen LogP contribution in [0.25, 0.3) is 10.2 Å². The number of hydrogen-bond acceptors (Lipinski definition) is 5. The van der Waals surface area contributed by atoms with Crippen LogP contribution in [-0.4, -0.2) is 46.1 Å². The van der Waals surface area contributed by atoms with Gasteiger partial charge < -0.3 is 4.90 Å². The van der Waals surface area contributed by atoms with Crippen LogP contribution in [0.15, 0.2) is 42.5 Å². The van der Waals surface area contributed by atoms with E-state index in [1.54, 1.807) is 35.4 Å². The van der Waals surface area contributed by atoms with Crippen molar-refractivity contribution < 1.29 is 14.4 Å². The predicted molar refractivity (Wildman–Crippen MR) is 112 cm³/mol. The number of nitrogens with zero attached hydrogens (tertiary/aromatic N) is 3. The Morgan fingerprint density at radius 2 is 1.86 bits per heavy atom. The van der Waals surface area contributed by atoms with Gasteiger partial charge in [-0.15, -0.1) is 11.3 Å². The van der Waals surface area contributed by atoms with Crippen molar-refractivity contribution in [3.8, 4) is 0 Å². The van der Waals surface area contributed by atoms with Crippen molar-refractivity contribution >= 4 is 39.3 Å². The average Bonchev–Trinajstić information content (AvgIpc) is 3.21. The molecule has 4 rings (SSSR count). The number of imide groups is 1. The Morgan fingerprint density at radius 3 is 2.66 bits per heavy atom. The molecular weight excluding hydrogens is 386 g/mol. The van der Waals surface area contributed by atoms with Crippen molar-refractivity contribution in [2.45, 2.75) is 26.3 Å². The zero-order valence-corrected chi connectivity index (χ0v) is 17.2. The first-order valence-corrected chi connectivity index (χ1v) is 10.3. The van der Waals surface area contributed by atoms with Gasteiger partial charge in [-0.2, -0.15) is 0 Å². The molecule has 0 bridgehead atoms. The van der Waals surface area contributed by atoms with Crippen LogP contribution < -0.4 is 0 Å². The second kappa shape index (κ2) is 7.75. The molecule has 1 aromatic heterocycles. The Hall–Kier alpha value is -3.06. The van der Waals surface area contributed by atoms with E-state index in [2.05, 4.69) is 4.98 Å². The van der Waals surface area contributed by atoms with Crippen molar-refractivity contribution in [2.75, 3.05) is 13.6 Å². The van der Waals surface area contributed by atoms with E-state index in [-0.39, 0.29) is 30.7 Å². The number of para-hydroxylation sites is 1. The number of hydrogen-bond donors (Lipinski definition) is 0. The number of carbonyl (C=O) groups excluding carboxylic acids is 3. The number of carbonyl (C=O) groups is 3. The number of aryl methyl sites for hydroxylation is 1. The molecule has 0 N–H and O–H groups in total. The van der Waals surface area contributed by atoms with Crippen LogP contribution in [0.2, 0.25) is 0 Å². The standard InChI is InChI=1S/C22H21N3O3S/c1-14-9-10-15-16(12-14)22(28)25(21(15)27)11-5-8-20(26)24(2)13-19-23-17-6-3-4-7-18(17)29-19/h3-4,6-7,9-10,12H,5,8,11,13H2,1-2H3. The minimum absolute atomic E-state index is 0.0308. The number of aromatic nitrogens is 1. The minimum Gasteiger partial charge on any atom is -0.339 e. The van der Waals surface area contributed by atoms with E-state index in [1.807, 2.05) is 37.3 Å². The Balaban J connectivity index is 1.32. The van der Waals surface area contributed by atoms with Crippen molar-refractivity contribution in [3.63, 3.8) is 0 Å². The average molecular weight is 407 g/mol. The normalized spacial score (nSPS) is 13.2. The largest absolute Gasteiger partial charge is 0.339 e. The van der Waals surface area contributed by atoms with E-state index < -0.39 is 0 Å². The van der Waals surface area contributed by atoms with Crippen LogP contribution >= 0.6 is 11.3 Å². The van der Waals surface area contributed by atoms with Crippen molar-refractivity contribution in [2.24, 2.45) is 0 Å². The van der Waals surface area contributed by atoms with Gasteiger partial charge in [0.2, 0.25) is 5.91 Å². The second-order valence-electron chi connectivity index (χ2n) is 7.24. The molecule has 0 atom stereocenters. The predicted octanol–water partition coefficient (Wildman–Crippen LogP) is 3.64. The summed E-state index contributed by atoms with van der Waals surface area (Å²) in [7, 11) is 1.75. The van der Waals surface area contributed by atoms with Gasteiger partial charge in [-0.3, -0.25) is 19.3 Å². The lowest BCUT2D eigenvalue weighted by Crippen LogP contribution is -2.32. The molecule has 0 aliphatic carbocycles. The molecule has 1 aliphatic rings. The summed E-state index contributed by atoms with van der Waals surface area (Å²) in [4.78, 5) is 44.9. The van der Waals surface area contributed by atoms with E-state index in [1.165, 1.54) is 4.90 Å². The molecule has 1 aliphatic heterocycles. The molecule has 0 saturated heterocycles. The van der Waals surface area contributed by atoms with Crippen LogP contribution in [-0.2, 0) is 11.3 Å². The summed E-state index contributed by atoms with van der Waals surface area (Å²) in [5, 5.41) is 0.887. The smallest absolute Gasteiger partial charge is 0.261 e. The molecule has 0 saturated carbocycles. The first kappa shape index (κ1) is 19.3. The van der Waals surface area contributed by atoms with Gasteiger partial charge >= 0.3 is 0 Å². The van der Waals surface area contributed by atoms with Gasteiger partial charge in [0.1, 0.15) is 5.01 Å². The summed E-state index contributed by atoms with van der Waals surface area (Å²) < 4.78 is 1.10. The van der Waals surface area contributed by atoms with E-state index in [9.17, 15) is 14.4 Å². The molecular formula is C22H21N3O3S. The fourth-order valence-electron chi connectivity index (χ4n) is 3.47. The maximum atomic E-state index is 12.5. The van der Waals surface area contributed by atoms with E-state index >= 15 is 0 Å². The lowest BCUT2D eigenvalue weighted by atomic mass is 10.1. The Morgan fingerprint density at radius 1 is 1.10 bits per heavy atom. The lowest BCUT2D eigenvalue weighted by molar-refractivity contribution is -0.130. The van der Waals surface area contributed by atoms with Crippen molar-refractivity contribution in [1.82, 2.24) is 14.8 Å². The summed E-state index contributed by atoms with van der Waals surface area (Å²) >= 11 is 1.58. The van der Waals surface area contributed by atoms with Gasteiger partial charge in [0.25, 0.3) is 11.8 Å². The summed E-state index contributed by atoms with van der Waals surface area (Å²) in [6, 6.07) is 13.2. The minimum atomic E-state index is -0.278. The van der Waals surface area contributed by atoms with Crippen molar-refractivity contribution in [3.05, 3.63) is 64.2 Å². The molecule has 2 heterocycles. The SMILES string of the molecule is Cc1ccc2c(c1)C(=O)N(CCCC(=O)N(C)Cc1nc3ccccc3s1)C2=O. The molecule has 0 radical (unpaired) electrons.